The lowest BCUT2D eigenvalue weighted by molar-refractivity contribution is -0.143. The van der Waals surface area contributed by atoms with Crippen LogP contribution in [0.5, 0.6) is 11.5 Å². The number of likely N-dealkylation sites (tertiary alicyclic amines) is 1. The van der Waals surface area contributed by atoms with Gasteiger partial charge in [0.25, 0.3) is 0 Å². The van der Waals surface area contributed by atoms with Crippen molar-refractivity contribution in [1.82, 2.24) is 4.90 Å². The highest BCUT2D eigenvalue weighted by Crippen LogP contribution is 2.27. The largest absolute Gasteiger partial charge is 0.497 e. The van der Waals surface area contributed by atoms with Crippen molar-refractivity contribution in [2.24, 2.45) is 0 Å². The summed E-state index contributed by atoms with van der Waals surface area (Å²) in [5.41, 5.74) is 0.870. The van der Waals surface area contributed by atoms with E-state index in [4.69, 9.17) is 9.47 Å². The fourth-order valence-corrected chi connectivity index (χ4v) is 2.85. The first-order valence-corrected chi connectivity index (χ1v) is 7.33. The van der Waals surface area contributed by atoms with Gasteiger partial charge in [0.15, 0.2) is 0 Å². The molecule has 1 heterocycles. The van der Waals surface area contributed by atoms with Crippen molar-refractivity contribution in [2.75, 3.05) is 27.3 Å². The molecule has 0 amide bonds. The maximum atomic E-state index is 11.6. The van der Waals surface area contributed by atoms with Crippen LogP contribution >= 0.6 is 0 Å². The molecule has 1 aliphatic heterocycles. The number of carboxylic acid groups (broad SMARTS) is 1. The first-order chi connectivity index (χ1) is 10.2. The van der Waals surface area contributed by atoms with Gasteiger partial charge in [-0.2, -0.15) is 0 Å². The van der Waals surface area contributed by atoms with Gasteiger partial charge in [-0.1, -0.05) is 6.42 Å². The van der Waals surface area contributed by atoms with Crippen LogP contribution in [0.1, 0.15) is 24.8 Å². The molecule has 5 heteroatoms. The van der Waals surface area contributed by atoms with Crippen LogP contribution in [-0.2, 0) is 11.2 Å². The number of carboxylic acids is 1. The van der Waals surface area contributed by atoms with Crippen molar-refractivity contribution in [2.45, 2.75) is 31.7 Å². The lowest BCUT2D eigenvalue weighted by Crippen LogP contribution is -2.45. The smallest absolute Gasteiger partial charge is 0.321 e. The van der Waals surface area contributed by atoms with Gasteiger partial charge in [0, 0.05) is 6.42 Å². The minimum Gasteiger partial charge on any atom is -0.497 e. The standard InChI is InChI=1S/C16H23NO4/c1-20-13-6-7-15(21-2)12(10-13)11-14(16(18)19)17-8-4-3-5-9-17/h6-7,10,14H,3-5,8-9,11H2,1-2H3,(H,18,19)/t14-/m0/s1. The van der Waals surface area contributed by atoms with Gasteiger partial charge in [-0.25, -0.2) is 0 Å². The molecule has 0 aliphatic carbocycles. The van der Waals surface area contributed by atoms with Gasteiger partial charge in [-0.15, -0.1) is 0 Å². The maximum absolute atomic E-state index is 11.6. The molecule has 1 atom stereocenters. The van der Waals surface area contributed by atoms with Gasteiger partial charge in [0.1, 0.15) is 17.5 Å². The number of hydrogen-bond acceptors (Lipinski definition) is 4. The Hall–Kier alpha value is -1.75. The van der Waals surface area contributed by atoms with Crippen molar-refractivity contribution in [3.8, 4) is 11.5 Å². The minimum absolute atomic E-state index is 0.426. The molecular formula is C16H23NO4. The summed E-state index contributed by atoms with van der Waals surface area (Å²) >= 11 is 0. The van der Waals surface area contributed by atoms with Crippen molar-refractivity contribution >= 4 is 5.97 Å². The predicted octanol–water partition coefficient (Wildman–Crippen LogP) is 2.19. The van der Waals surface area contributed by atoms with Crippen molar-refractivity contribution in [3.05, 3.63) is 23.8 Å². The van der Waals surface area contributed by atoms with Gasteiger partial charge < -0.3 is 14.6 Å². The Balaban J connectivity index is 2.21. The first kappa shape index (κ1) is 15.6. The van der Waals surface area contributed by atoms with Crippen LogP contribution in [0.25, 0.3) is 0 Å². The SMILES string of the molecule is COc1ccc(OC)c(C[C@@H](C(=O)O)N2CCCCC2)c1. The lowest BCUT2D eigenvalue weighted by Gasteiger charge is -2.32. The van der Waals surface area contributed by atoms with Gasteiger partial charge in [0.05, 0.1) is 14.2 Å². The number of benzene rings is 1. The zero-order chi connectivity index (χ0) is 15.2. The third-order valence-corrected chi connectivity index (χ3v) is 4.02. The van der Waals surface area contributed by atoms with Crippen LogP contribution in [0.3, 0.4) is 0 Å². The summed E-state index contributed by atoms with van der Waals surface area (Å²) in [5.74, 6) is 0.648. The molecule has 0 saturated carbocycles. The maximum Gasteiger partial charge on any atom is 0.321 e. The average Bonchev–Trinajstić information content (AvgIpc) is 2.52. The molecule has 1 fully saturated rings. The van der Waals surface area contributed by atoms with Crippen molar-refractivity contribution < 1.29 is 19.4 Å². The van der Waals surface area contributed by atoms with Crippen LogP contribution < -0.4 is 9.47 Å². The number of rotatable bonds is 6. The number of hydrogen-bond donors (Lipinski definition) is 1. The number of carbonyl (C=O) groups is 1. The van der Waals surface area contributed by atoms with E-state index in [0.29, 0.717) is 17.9 Å². The summed E-state index contributed by atoms with van der Waals surface area (Å²) in [4.78, 5) is 13.7. The van der Waals surface area contributed by atoms with Gasteiger partial charge >= 0.3 is 5.97 Å². The Morgan fingerprint density at radius 1 is 1.24 bits per heavy atom. The Morgan fingerprint density at radius 2 is 1.95 bits per heavy atom. The quantitative estimate of drug-likeness (QED) is 0.871. The van der Waals surface area contributed by atoms with E-state index in [1.54, 1.807) is 14.2 Å². The van der Waals surface area contributed by atoms with E-state index in [1.807, 2.05) is 18.2 Å². The Bertz CT molecular complexity index is 483. The highest BCUT2D eigenvalue weighted by atomic mass is 16.5. The molecule has 0 spiro atoms. The van der Waals surface area contributed by atoms with Gasteiger partial charge in [-0.05, 0) is 49.7 Å². The van der Waals surface area contributed by atoms with E-state index in [-0.39, 0.29) is 0 Å². The van der Waals surface area contributed by atoms with Gasteiger partial charge in [0.2, 0.25) is 0 Å². The molecule has 116 valence electrons. The van der Waals surface area contributed by atoms with E-state index in [9.17, 15) is 9.90 Å². The molecule has 0 radical (unpaired) electrons. The first-order valence-electron chi connectivity index (χ1n) is 7.33. The fourth-order valence-electron chi connectivity index (χ4n) is 2.85. The molecule has 0 unspecified atom stereocenters. The Kier molecular flexibility index (Phi) is 5.44. The van der Waals surface area contributed by atoms with E-state index in [2.05, 4.69) is 4.90 Å². The number of piperidine rings is 1. The number of nitrogens with zero attached hydrogens (tertiary/aromatic N) is 1. The molecule has 1 aromatic rings. The summed E-state index contributed by atoms with van der Waals surface area (Å²) in [7, 11) is 3.20. The summed E-state index contributed by atoms with van der Waals surface area (Å²) in [6.07, 6.45) is 3.75. The molecule has 1 N–H and O–H groups in total. The van der Waals surface area contributed by atoms with E-state index in [0.717, 1.165) is 31.5 Å². The fraction of sp³-hybridized carbons (Fsp3) is 0.562. The van der Waals surface area contributed by atoms with Crippen LogP contribution in [0.15, 0.2) is 18.2 Å². The zero-order valence-electron chi connectivity index (χ0n) is 12.7. The Morgan fingerprint density at radius 3 is 2.52 bits per heavy atom. The molecular weight excluding hydrogens is 270 g/mol. The van der Waals surface area contributed by atoms with Crippen molar-refractivity contribution in [1.29, 1.82) is 0 Å². The molecule has 1 saturated heterocycles. The van der Waals surface area contributed by atoms with E-state index in [1.165, 1.54) is 6.42 Å². The molecule has 1 aliphatic rings. The number of aliphatic carboxylic acids is 1. The van der Waals surface area contributed by atoms with Crippen molar-refractivity contribution in [3.63, 3.8) is 0 Å². The second-order valence-electron chi connectivity index (χ2n) is 5.33. The third-order valence-electron chi connectivity index (χ3n) is 4.02. The van der Waals surface area contributed by atoms with E-state index >= 15 is 0 Å². The second-order valence-corrected chi connectivity index (χ2v) is 5.33. The number of ether oxygens (including phenoxy) is 2. The van der Waals surface area contributed by atoms with Crippen LogP contribution in [0.4, 0.5) is 0 Å². The van der Waals surface area contributed by atoms with Crippen LogP contribution in [-0.4, -0.2) is 49.3 Å². The average molecular weight is 293 g/mol. The molecule has 1 aromatic carbocycles. The van der Waals surface area contributed by atoms with Crippen LogP contribution in [0.2, 0.25) is 0 Å². The predicted molar refractivity (Wildman–Crippen MR) is 80.1 cm³/mol. The summed E-state index contributed by atoms with van der Waals surface area (Å²) in [6.45, 7) is 1.70. The summed E-state index contributed by atoms with van der Waals surface area (Å²) in [6, 6.07) is 4.99. The normalized spacial score (nSPS) is 17.2. The topological polar surface area (TPSA) is 59.0 Å². The molecule has 0 aromatic heterocycles. The molecule has 2 rings (SSSR count). The highest BCUT2D eigenvalue weighted by molar-refractivity contribution is 5.74. The third kappa shape index (κ3) is 3.88. The monoisotopic (exact) mass is 293 g/mol. The molecule has 0 bridgehead atoms. The summed E-state index contributed by atoms with van der Waals surface area (Å²) < 4.78 is 10.6. The molecule has 5 nitrogen and oxygen atoms in total. The zero-order valence-corrected chi connectivity index (χ0v) is 12.7. The Labute approximate surface area is 125 Å². The van der Waals surface area contributed by atoms with Gasteiger partial charge in [-0.3, -0.25) is 9.69 Å². The minimum atomic E-state index is -0.776. The lowest BCUT2D eigenvalue weighted by atomic mass is 10.0. The molecule has 21 heavy (non-hydrogen) atoms. The number of methoxy groups -OCH3 is 2. The summed E-state index contributed by atoms with van der Waals surface area (Å²) in [5, 5.41) is 9.56. The van der Waals surface area contributed by atoms with Crippen LogP contribution in [0, 0.1) is 0 Å². The highest BCUT2D eigenvalue weighted by Gasteiger charge is 2.28. The van der Waals surface area contributed by atoms with E-state index < -0.39 is 12.0 Å². The second kappa shape index (κ2) is 7.31.